The molecule has 128 valence electrons. The molecule has 0 radical (unpaired) electrons. The smallest absolute Gasteiger partial charge is 0.224 e. The fourth-order valence-corrected chi connectivity index (χ4v) is 2.76. The van der Waals surface area contributed by atoms with Crippen LogP contribution in [0, 0.1) is 0 Å². The molecule has 2 aromatic rings. The van der Waals surface area contributed by atoms with Gasteiger partial charge in [-0.15, -0.1) is 0 Å². The number of nitrogens with zero attached hydrogens (tertiary/aromatic N) is 6. The van der Waals surface area contributed by atoms with Crippen LogP contribution in [0.2, 0.25) is 0 Å². The molecule has 2 aromatic heterocycles. The lowest BCUT2D eigenvalue weighted by Crippen LogP contribution is -2.31. The summed E-state index contributed by atoms with van der Waals surface area (Å²) in [4.78, 5) is 24.3. The quantitative estimate of drug-likeness (QED) is 0.780. The van der Waals surface area contributed by atoms with Gasteiger partial charge in [0.25, 0.3) is 0 Å². The van der Waals surface area contributed by atoms with Crippen LogP contribution in [0.15, 0.2) is 31.0 Å². The van der Waals surface area contributed by atoms with Crippen LogP contribution in [0.4, 0.5) is 5.82 Å². The van der Waals surface area contributed by atoms with E-state index in [1.807, 2.05) is 36.0 Å². The van der Waals surface area contributed by atoms with E-state index in [9.17, 15) is 4.79 Å². The second-order valence-electron chi connectivity index (χ2n) is 6.00. The van der Waals surface area contributed by atoms with Crippen LogP contribution in [0.3, 0.4) is 0 Å². The number of pyridine rings is 1. The molecular weight excluding hydrogens is 308 g/mol. The van der Waals surface area contributed by atoms with Gasteiger partial charge in [-0.25, -0.2) is 9.97 Å². The lowest BCUT2D eigenvalue weighted by atomic mass is 10.3. The zero-order valence-electron chi connectivity index (χ0n) is 14.0. The number of carbonyl (C=O) groups excluding carboxylic acids is 1. The minimum Gasteiger partial charge on any atom is -0.485 e. The van der Waals surface area contributed by atoms with Gasteiger partial charge in [0.1, 0.15) is 18.8 Å². The third kappa shape index (κ3) is 3.81. The Morgan fingerprint density at radius 3 is 3.08 bits per heavy atom. The fourth-order valence-electron chi connectivity index (χ4n) is 2.76. The fraction of sp³-hybridized carbons (Fsp3) is 0.500. The number of carbonyl (C=O) groups is 1. The summed E-state index contributed by atoms with van der Waals surface area (Å²) < 4.78 is 7.74. The van der Waals surface area contributed by atoms with Crippen LogP contribution in [0.25, 0.3) is 0 Å². The Morgan fingerprint density at radius 1 is 1.46 bits per heavy atom. The van der Waals surface area contributed by atoms with Crippen LogP contribution in [0.5, 0.6) is 5.75 Å². The van der Waals surface area contributed by atoms with E-state index in [-0.39, 0.29) is 12.0 Å². The van der Waals surface area contributed by atoms with Crippen LogP contribution in [-0.4, -0.2) is 63.8 Å². The van der Waals surface area contributed by atoms with Gasteiger partial charge in [-0.05, 0) is 12.1 Å². The molecule has 1 fully saturated rings. The number of hydrogen-bond donors (Lipinski definition) is 0. The molecule has 1 saturated heterocycles. The average molecular weight is 330 g/mol. The van der Waals surface area contributed by atoms with Crippen LogP contribution < -0.4 is 9.64 Å². The van der Waals surface area contributed by atoms with Crippen LogP contribution in [0.1, 0.15) is 12.8 Å². The van der Waals surface area contributed by atoms with E-state index >= 15 is 0 Å². The Labute approximate surface area is 141 Å². The standard InChI is InChI=1S/C16H22N6O2/c1-20(2)16-14(4-3-7-18-16)24-13-5-8-21(10-13)15(23)6-9-22-12-17-11-19-22/h3-4,7,11-13H,5-6,8-10H2,1-2H3/t13-/m1/s1. The molecular formula is C16H22N6O2. The van der Waals surface area contributed by atoms with E-state index in [1.54, 1.807) is 17.2 Å². The van der Waals surface area contributed by atoms with Crippen molar-refractivity contribution in [1.29, 1.82) is 0 Å². The molecule has 1 amide bonds. The van der Waals surface area contributed by atoms with Crippen LogP contribution >= 0.6 is 0 Å². The second-order valence-corrected chi connectivity index (χ2v) is 6.00. The van der Waals surface area contributed by atoms with Crippen molar-refractivity contribution in [3.8, 4) is 5.75 Å². The number of aromatic nitrogens is 4. The van der Waals surface area contributed by atoms with Crippen LogP contribution in [-0.2, 0) is 11.3 Å². The molecule has 0 N–H and O–H groups in total. The molecule has 0 aliphatic carbocycles. The molecule has 0 bridgehead atoms. The third-order valence-corrected chi connectivity index (χ3v) is 3.99. The van der Waals surface area contributed by atoms with Gasteiger partial charge in [0, 0.05) is 39.7 Å². The molecule has 3 heterocycles. The van der Waals surface area contributed by atoms with E-state index in [0.29, 0.717) is 19.5 Å². The zero-order valence-corrected chi connectivity index (χ0v) is 14.0. The van der Waals surface area contributed by atoms with Gasteiger partial charge in [-0.1, -0.05) is 0 Å². The van der Waals surface area contributed by atoms with Crippen molar-refractivity contribution >= 4 is 11.7 Å². The van der Waals surface area contributed by atoms with Gasteiger partial charge >= 0.3 is 0 Å². The van der Waals surface area contributed by atoms with Gasteiger partial charge < -0.3 is 14.5 Å². The van der Waals surface area contributed by atoms with Crippen molar-refractivity contribution in [1.82, 2.24) is 24.6 Å². The summed E-state index contributed by atoms with van der Waals surface area (Å²) >= 11 is 0. The number of amides is 1. The van der Waals surface area contributed by atoms with Gasteiger partial charge in [-0.2, -0.15) is 5.10 Å². The number of aryl methyl sites for hydroxylation is 1. The van der Waals surface area contributed by atoms with E-state index < -0.39 is 0 Å². The highest BCUT2D eigenvalue weighted by Gasteiger charge is 2.28. The normalized spacial score (nSPS) is 17.1. The molecule has 3 rings (SSSR count). The summed E-state index contributed by atoms with van der Waals surface area (Å²) in [6.45, 7) is 1.88. The first-order valence-corrected chi connectivity index (χ1v) is 8.02. The number of anilines is 1. The summed E-state index contributed by atoms with van der Waals surface area (Å²) in [6.07, 6.45) is 6.09. The highest BCUT2D eigenvalue weighted by molar-refractivity contribution is 5.76. The maximum absolute atomic E-state index is 12.3. The first kappa shape index (κ1) is 16.2. The predicted octanol–water partition coefficient (Wildman–Crippen LogP) is 0.809. The summed E-state index contributed by atoms with van der Waals surface area (Å²) in [6, 6.07) is 3.77. The Morgan fingerprint density at radius 2 is 2.33 bits per heavy atom. The van der Waals surface area contributed by atoms with Crippen molar-refractivity contribution in [3.05, 3.63) is 31.0 Å². The minimum absolute atomic E-state index is 0.00298. The largest absolute Gasteiger partial charge is 0.485 e. The monoisotopic (exact) mass is 330 g/mol. The molecule has 1 aliphatic rings. The summed E-state index contributed by atoms with van der Waals surface area (Å²) in [5.41, 5.74) is 0. The number of hydrogen-bond acceptors (Lipinski definition) is 6. The SMILES string of the molecule is CN(C)c1ncccc1O[C@@H]1CCN(C(=O)CCn2cncn2)C1. The molecule has 0 saturated carbocycles. The topological polar surface area (TPSA) is 76.4 Å². The number of ether oxygens (including phenoxy) is 1. The maximum atomic E-state index is 12.3. The van der Waals surface area contributed by atoms with Gasteiger partial charge in [-0.3, -0.25) is 9.48 Å². The van der Waals surface area contributed by atoms with Crippen molar-refractivity contribution in [2.75, 3.05) is 32.1 Å². The van der Waals surface area contributed by atoms with E-state index in [1.165, 1.54) is 6.33 Å². The molecule has 1 atom stereocenters. The summed E-state index contributed by atoms with van der Waals surface area (Å²) in [5.74, 6) is 1.67. The Balaban J connectivity index is 1.53. The molecule has 8 nitrogen and oxygen atoms in total. The lowest BCUT2D eigenvalue weighted by molar-refractivity contribution is -0.130. The lowest BCUT2D eigenvalue weighted by Gasteiger charge is -2.20. The minimum atomic E-state index is 0.00298. The molecule has 0 spiro atoms. The number of rotatable bonds is 6. The molecule has 1 aliphatic heterocycles. The second kappa shape index (κ2) is 7.29. The number of likely N-dealkylation sites (tertiary alicyclic amines) is 1. The van der Waals surface area contributed by atoms with Crippen molar-refractivity contribution < 1.29 is 9.53 Å². The van der Waals surface area contributed by atoms with Crippen molar-refractivity contribution in [2.45, 2.75) is 25.5 Å². The van der Waals surface area contributed by atoms with Gasteiger partial charge in [0.05, 0.1) is 13.1 Å². The molecule has 24 heavy (non-hydrogen) atoms. The van der Waals surface area contributed by atoms with Crippen molar-refractivity contribution in [3.63, 3.8) is 0 Å². The predicted molar refractivity (Wildman–Crippen MR) is 88.8 cm³/mol. The Bertz CT molecular complexity index is 673. The molecule has 0 aromatic carbocycles. The van der Waals surface area contributed by atoms with E-state index in [0.717, 1.165) is 24.5 Å². The Kier molecular flexibility index (Phi) is 4.93. The summed E-state index contributed by atoms with van der Waals surface area (Å²) in [5, 5.41) is 4.01. The van der Waals surface area contributed by atoms with E-state index in [2.05, 4.69) is 15.1 Å². The van der Waals surface area contributed by atoms with Gasteiger partial charge in [0.2, 0.25) is 5.91 Å². The zero-order chi connectivity index (χ0) is 16.9. The molecule has 0 unspecified atom stereocenters. The highest BCUT2D eigenvalue weighted by atomic mass is 16.5. The average Bonchev–Trinajstić information content (AvgIpc) is 3.24. The van der Waals surface area contributed by atoms with E-state index in [4.69, 9.17) is 4.74 Å². The highest BCUT2D eigenvalue weighted by Crippen LogP contribution is 2.26. The third-order valence-electron chi connectivity index (χ3n) is 3.99. The Hall–Kier alpha value is -2.64. The van der Waals surface area contributed by atoms with Crippen molar-refractivity contribution in [2.24, 2.45) is 0 Å². The first-order chi connectivity index (χ1) is 11.6. The molecule has 8 heteroatoms. The van der Waals surface area contributed by atoms with Gasteiger partial charge in [0.15, 0.2) is 11.6 Å². The summed E-state index contributed by atoms with van der Waals surface area (Å²) in [7, 11) is 3.87. The first-order valence-electron chi connectivity index (χ1n) is 8.02. The maximum Gasteiger partial charge on any atom is 0.224 e.